The molecule has 6 nitrogen and oxygen atoms in total. The van der Waals surface area contributed by atoms with Crippen molar-refractivity contribution in [2.45, 2.75) is 31.1 Å². The molecule has 0 unspecified atom stereocenters. The topological polar surface area (TPSA) is 56.8 Å². The Labute approximate surface area is 208 Å². The minimum absolute atomic E-state index is 0.316. The Morgan fingerprint density at radius 2 is 1.63 bits per heavy atom. The molecule has 0 aliphatic heterocycles. The summed E-state index contributed by atoms with van der Waals surface area (Å²) in [5.41, 5.74) is 8.77. The monoisotopic (exact) mass is 469 g/mol. The van der Waals surface area contributed by atoms with Crippen LogP contribution in [0.2, 0.25) is 0 Å². The van der Waals surface area contributed by atoms with Gasteiger partial charge >= 0.3 is 0 Å². The lowest BCUT2D eigenvalue weighted by molar-refractivity contribution is 0.208. The summed E-state index contributed by atoms with van der Waals surface area (Å²) in [6.45, 7) is 0. The lowest BCUT2D eigenvalue weighted by Crippen LogP contribution is -2.31. The van der Waals surface area contributed by atoms with Gasteiger partial charge in [-0.2, -0.15) is 5.10 Å². The van der Waals surface area contributed by atoms with Crippen LogP contribution in [0.3, 0.4) is 0 Å². The van der Waals surface area contributed by atoms with Crippen molar-refractivity contribution in [3.8, 4) is 0 Å². The maximum Gasteiger partial charge on any atom is 0.117 e. The van der Waals surface area contributed by atoms with Crippen molar-refractivity contribution >= 4 is 23.2 Å². The third kappa shape index (κ3) is 4.11. The van der Waals surface area contributed by atoms with Gasteiger partial charge in [-0.05, 0) is 48.2 Å². The van der Waals surface area contributed by atoms with Gasteiger partial charge in [0.25, 0.3) is 0 Å². The van der Waals surface area contributed by atoms with Gasteiger partial charge in [0.15, 0.2) is 0 Å². The van der Waals surface area contributed by atoms with Gasteiger partial charge in [0.05, 0.1) is 0 Å². The fourth-order valence-corrected chi connectivity index (χ4v) is 5.24. The Bertz CT molecular complexity index is 1210. The first-order valence-electron chi connectivity index (χ1n) is 12.4. The smallest absolute Gasteiger partial charge is 0.117 e. The largest absolute Gasteiger partial charge is 0.399 e. The van der Waals surface area contributed by atoms with Crippen molar-refractivity contribution in [2.24, 2.45) is 11.1 Å². The van der Waals surface area contributed by atoms with Gasteiger partial charge in [0.1, 0.15) is 18.5 Å². The van der Waals surface area contributed by atoms with E-state index in [1.807, 2.05) is 0 Å². The minimum Gasteiger partial charge on any atom is -0.399 e. The van der Waals surface area contributed by atoms with Crippen LogP contribution in [-0.2, 0) is 16.7 Å². The van der Waals surface area contributed by atoms with E-state index in [9.17, 15) is 0 Å². The molecule has 0 atom stereocenters. The summed E-state index contributed by atoms with van der Waals surface area (Å²) in [6, 6.07) is 17.7. The lowest BCUT2D eigenvalue weighted by Gasteiger charge is -2.36. The summed E-state index contributed by atoms with van der Waals surface area (Å²) in [5.74, 6) is 0.427. The van der Waals surface area contributed by atoms with Gasteiger partial charge in [0.2, 0.25) is 0 Å². The zero-order valence-electron chi connectivity index (χ0n) is 21.4. The van der Waals surface area contributed by atoms with Gasteiger partial charge in [0, 0.05) is 68.6 Å². The number of H-pyrrole nitrogens is 1. The van der Waals surface area contributed by atoms with Crippen LogP contribution in [0.1, 0.15) is 47.3 Å². The summed E-state index contributed by atoms with van der Waals surface area (Å²) in [5, 5.41) is 12.5. The number of allylic oxidation sites excluding steroid dienone is 1. The predicted molar refractivity (Wildman–Crippen MR) is 145 cm³/mol. The number of oxime groups is 1. The molecule has 0 saturated heterocycles. The number of benzene rings is 2. The Hall–Kier alpha value is -3.54. The van der Waals surface area contributed by atoms with Crippen molar-refractivity contribution in [1.82, 2.24) is 10.2 Å². The second-order valence-electron chi connectivity index (χ2n) is 10.1. The van der Waals surface area contributed by atoms with E-state index in [-0.39, 0.29) is 5.41 Å². The lowest BCUT2D eigenvalue weighted by atomic mass is 9.68. The molecule has 182 valence electrons. The Morgan fingerprint density at radius 3 is 2.14 bits per heavy atom. The van der Waals surface area contributed by atoms with Crippen LogP contribution in [0, 0.1) is 5.92 Å². The third-order valence-electron chi connectivity index (χ3n) is 7.55. The number of aromatic nitrogens is 2. The first-order chi connectivity index (χ1) is 16.9. The summed E-state index contributed by atoms with van der Waals surface area (Å²) in [6.07, 6.45) is 8.93. The van der Waals surface area contributed by atoms with Crippen LogP contribution in [0.4, 0.5) is 11.4 Å². The van der Waals surface area contributed by atoms with Crippen molar-refractivity contribution in [3.05, 3.63) is 82.7 Å². The SMILES string of the molecule is CON=C(c1n[nH]c2c1C=CC(c1cccc(N(C)C)c1)(c1cccc(N(C)C)c1)C2)C1CCC1. The van der Waals surface area contributed by atoms with Crippen molar-refractivity contribution in [2.75, 3.05) is 45.1 Å². The number of fused-ring (bicyclic) bond motifs is 1. The first-order valence-corrected chi connectivity index (χ1v) is 12.4. The number of aromatic amines is 1. The quantitative estimate of drug-likeness (QED) is 0.379. The highest BCUT2D eigenvalue weighted by Crippen LogP contribution is 2.44. The van der Waals surface area contributed by atoms with Gasteiger partial charge in [-0.1, -0.05) is 48.0 Å². The van der Waals surface area contributed by atoms with Gasteiger partial charge in [-0.15, -0.1) is 0 Å². The summed E-state index contributed by atoms with van der Waals surface area (Å²) >= 11 is 0. The van der Waals surface area contributed by atoms with Gasteiger partial charge < -0.3 is 14.6 Å². The van der Waals surface area contributed by atoms with Crippen LogP contribution in [-0.4, -0.2) is 51.2 Å². The zero-order valence-corrected chi connectivity index (χ0v) is 21.4. The average molecular weight is 470 g/mol. The number of nitrogens with one attached hydrogen (secondary N) is 1. The number of rotatable bonds is 7. The number of hydrogen-bond acceptors (Lipinski definition) is 5. The standard InChI is InChI=1S/C29H35N5O/c1-33(2)23-13-7-11-21(17-23)29(22-12-8-14-24(18-22)34(3)4)16-15-25-26(19-29)30-31-28(25)27(32-35-5)20-9-6-10-20/h7-8,11-18,20H,6,9-10,19H2,1-5H3,(H,30,31). The third-order valence-corrected chi connectivity index (χ3v) is 7.55. The van der Waals surface area contributed by atoms with E-state index in [0.29, 0.717) is 5.92 Å². The highest BCUT2D eigenvalue weighted by molar-refractivity contribution is 6.04. The molecule has 1 N–H and O–H groups in total. The minimum atomic E-state index is -0.316. The molecular weight excluding hydrogens is 434 g/mol. The first kappa shape index (κ1) is 23.2. The van der Waals surface area contributed by atoms with E-state index in [1.165, 1.54) is 28.9 Å². The van der Waals surface area contributed by atoms with Crippen LogP contribution in [0.5, 0.6) is 0 Å². The van der Waals surface area contributed by atoms with E-state index in [1.54, 1.807) is 7.11 Å². The van der Waals surface area contributed by atoms with E-state index in [2.05, 4.69) is 109 Å². The number of hydrogen-bond donors (Lipinski definition) is 1. The van der Waals surface area contributed by atoms with Crippen LogP contribution < -0.4 is 9.80 Å². The van der Waals surface area contributed by atoms with Crippen molar-refractivity contribution in [3.63, 3.8) is 0 Å². The Morgan fingerprint density at radius 1 is 1.00 bits per heavy atom. The van der Waals surface area contributed by atoms with E-state index < -0.39 is 0 Å². The zero-order chi connectivity index (χ0) is 24.6. The molecule has 0 amide bonds. The molecular formula is C29H35N5O. The van der Waals surface area contributed by atoms with E-state index >= 15 is 0 Å². The summed E-state index contributed by atoms with van der Waals surface area (Å²) < 4.78 is 0. The number of nitrogens with zero attached hydrogens (tertiary/aromatic N) is 4. The van der Waals surface area contributed by atoms with Gasteiger partial charge in [-0.3, -0.25) is 5.10 Å². The second kappa shape index (κ2) is 9.25. The molecule has 0 radical (unpaired) electrons. The van der Waals surface area contributed by atoms with Crippen LogP contribution in [0.15, 0.2) is 59.8 Å². The number of anilines is 2. The molecule has 6 heteroatoms. The molecule has 1 aromatic heterocycles. The maximum absolute atomic E-state index is 5.23. The summed E-state index contributed by atoms with van der Waals surface area (Å²) in [4.78, 5) is 9.54. The van der Waals surface area contributed by atoms with Crippen LogP contribution >= 0.6 is 0 Å². The molecule has 1 heterocycles. The highest BCUT2D eigenvalue weighted by Gasteiger charge is 2.38. The normalized spacial score (nSPS) is 17.0. The molecule has 2 aliphatic carbocycles. The molecule has 0 bridgehead atoms. The maximum atomic E-state index is 5.23. The van der Waals surface area contributed by atoms with Gasteiger partial charge in [-0.25, -0.2) is 0 Å². The second-order valence-corrected chi connectivity index (χ2v) is 10.1. The molecule has 2 aromatic carbocycles. The molecule has 3 aromatic rings. The highest BCUT2D eigenvalue weighted by atomic mass is 16.6. The Balaban J connectivity index is 1.64. The molecule has 0 spiro atoms. The average Bonchev–Trinajstić information content (AvgIpc) is 3.25. The molecule has 2 aliphatic rings. The Kier molecular flexibility index (Phi) is 6.13. The van der Waals surface area contributed by atoms with Crippen LogP contribution in [0.25, 0.3) is 6.08 Å². The fourth-order valence-electron chi connectivity index (χ4n) is 5.24. The molecule has 1 saturated carbocycles. The fraction of sp³-hybridized carbons (Fsp3) is 0.379. The molecule has 35 heavy (non-hydrogen) atoms. The van der Waals surface area contributed by atoms with Crippen molar-refractivity contribution in [1.29, 1.82) is 0 Å². The van der Waals surface area contributed by atoms with E-state index in [0.717, 1.165) is 41.9 Å². The summed E-state index contributed by atoms with van der Waals surface area (Å²) in [7, 11) is 9.97. The molecule has 5 rings (SSSR count). The predicted octanol–water partition coefficient (Wildman–Crippen LogP) is 5.25. The van der Waals surface area contributed by atoms with E-state index in [4.69, 9.17) is 9.94 Å². The van der Waals surface area contributed by atoms with Crippen molar-refractivity contribution < 1.29 is 4.84 Å². The molecule has 1 fully saturated rings.